The first-order valence-electron chi connectivity index (χ1n) is 9.29. The highest BCUT2D eigenvalue weighted by atomic mass is 32.2. The minimum atomic E-state index is -4.09. The van der Waals surface area contributed by atoms with Gasteiger partial charge in [0.2, 0.25) is 10.0 Å². The fourth-order valence-corrected chi connectivity index (χ4v) is 5.90. The van der Waals surface area contributed by atoms with E-state index in [-0.39, 0.29) is 27.8 Å². The summed E-state index contributed by atoms with van der Waals surface area (Å²) in [4.78, 5) is -0.354. The Morgan fingerprint density at radius 1 is 1.03 bits per heavy atom. The van der Waals surface area contributed by atoms with Gasteiger partial charge in [-0.3, -0.25) is 4.72 Å². The van der Waals surface area contributed by atoms with E-state index < -0.39 is 25.9 Å². The van der Waals surface area contributed by atoms with Crippen LogP contribution in [0.2, 0.25) is 0 Å². The number of benzene rings is 2. The number of sulfonamides is 2. The molecule has 1 saturated heterocycles. The number of hydrogen-bond acceptors (Lipinski definition) is 5. The van der Waals surface area contributed by atoms with E-state index in [1.165, 1.54) is 34.6 Å². The van der Waals surface area contributed by atoms with Gasteiger partial charge >= 0.3 is 0 Å². The molecule has 158 valence electrons. The van der Waals surface area contributed by atoms with Crippen LogP contribution in [0.4, 0.5) is 10.1 Å². The number of anilines is 1. The number of rotatable bonds is 7. The van der Waals surface area contributed by atoms with Crippen LogP contribution in [-0.2, 0) is 20.0 Å². The van der Waals surface area contributed by atoms with Gasteiger partial charge in [0.1, 0.15) is 16.5 Å². The molecule has 1 fully saturated rings. The molecule has 0 saturated carbocycles. The number of ether oxygens (including phenoxy) is 1. The second-order valence-corrected chi connectivity index (χ2v) is 10.2. The molecule has 3 rings (SSSR count). The van der Waals surface area contributed by atoms with Gasteiger partial charge in [0.15, 0.2) is 0 Å². The van der Waals surface area contributed by atoms with Crippen molar-refractivity contribution in [2.24, 2.45) is 0 Å². The fourth-order valence-electron chi connectivity index (χ4n) is 3.14. The lowest BCUT2D eigenvalue weighted by Crippen LogP contribution is -2.35. The summed E-state index contributed by atoms with van der Waals surface area (Å²) in [5, 5.41) is 0. The first-order chi connectivity index (χ1) is 13.7. The summed E-state index contributed by atoms with van der Waals surface area (Å²) in [6, 6.07) is 8.65. The predicted molar refractivity (Wildman–Crippen MR) is 107 cm³/mol. The molecular formula is C19H23FN2O5S2. The molecule has 1 heterocycles. The molecule has 1 aliphatic rings. The molecule has 0 aromatic heterocycles. The zero-order chi connectivity index (χ0) is 21.1. The number of halogens is 1. The van der Waals surface area contributed by atoms with Crippen molar-refractivity contribution in [1.29, 1.82) is 0 Å². The molecule has 0 amide bonds. The molecule has 0 radical (unpaired) electrons. The van der Waals surface area contributed by atoms with Crippen LogP contribution >= 0.6 is 0 Å². The van der Waals surface area contributed by atoms with Crippen molar-refractivity contribution in [1.82, 2.24) is 4.31 Å². The van der Waals surface area contributed by atoms with Crippen LogP contribution in [-0.4, -0.2) is 40.8 Å². The SMILES string of the molecule is CCOc1ccc(NS(=O)(=O)c2cccc(F)c2)cc1S(=O)(=O)N1CCCCC1. The molecule has 2 aromatic rings. The zero-order valence-corrected chi connectivity index (χ0v) is 17.6. The van der Waals surface area contributed by atoms with Gasteiger partial charge in [0, 0.05) is 13.1 Å². The van der Waals surface area contributed by atoms with Gasteiger partial charge < -0.3 is 4.74 Å². The van der Waals surface area contributed by atoms with E-state index in [0.717, 1.165) is 31.4 Å². The van der Waals surface area contributed by atoms with E-state index in [2.05, 4.69) is 4.72 Å². The Balaban J connectivity index is 1.98. The summed E-state index contributed by atoms with van der Waals surface area (Å²) in [6.07, 6.45) is 2.52. The van der Waals surface area contributed by atoms with E-state index in [9.17, 15) is 21.2 Å². The summed E-state index contributed by atoms with van der Waals surface area (Å²) in [7, 11) is -7.94. The lowest BCUT2D eigenvalue weighted by molar-refractivity contribution is 0.323. The van der Waals surface area contributed by atoms with Crippen molar-refractivity contribution in [2.75, 3.05) is 24.4 Å². The second-order valence-electron chi connectivity index (χ2n) is 6.62. The van der Waals surface area contributed by atoms with Crippen LogP contribution in [0.15, 0.2) is 52.3 Å². The Labute approximate surface area is 170 Å². The quantitative estimate of drug-likeness (QED) is 0.711. The first-order valence-corrected chi connectivity index (χ1v) is 12.2. The summed E-state index contributed by atoms with van der Waals surface area (Å²) < 4.78 is 74.0. The molecule has 7 nitrogen and oxygen atoms in total. The van der Waals surface area contributed by atoms with Gasteiger partial charge in [-0.15, -0.1) is 0 Å². The third-order valence-corrected chi connectivity index (χ3v) is 7.83. The number of nitrogens with zero attached hydrogens (tertiary/aromatic N) is 1. The molecule has 2 aromatic carbocycles. The molecule has 1 aliphatic heterocycles. The van der Waals surface area contributed by atoms with Crippen molar-refractivity contribution >= 4 is 25.7 Å². The molecule has 0 spiro atoms. The van der Waals surface area contributed by atoms with Crippen LogP contribution in [0.3, 0.4) is 0 Å². The number of piperidine rings is 1. The highest BCUT2D eigenvalue weighted by molar-refractivity contribution is 7.92. The largest absolute Gasteiger partial charge is 0.492 e. The lowest BCUT2D eigenvalue weighted by Gasteiger charge is -2.27. The molecule has 10 heteroatoms. The molecule has 0 bridgehead atoms. The summed E-state index contributed by atoms with van der Waals surface area (Å²) in [5.74, 6) is -0.528. The first kappa shape index (κ1) is 21.5. The van der Waals surface area contributed by atoms with Crippen LogP contribution in [0.1, 0.15) is 26.2 Å². The van der Waals surface area contributed by atoms with E-state index in [1.54, 1.807) is 6.92 Å². The van der Waals surface area contributed by atoms with Gasteiger partial charge in [0.25, 0.3) is 10.0 Å². The molecular weight excluding hydrogens is 419 g/mol. The Hall–Kier alpha value is -2.17. The van der Waals surface area contributed by atoms with Gasteiger partial charge in [-0.05, 0) is 56.2 Å². The lowest BCUT2D eigenvalue weighted by atomic mass is 10.2. The smallest absolute Gasteiger partial charge is 0.261 e. The predicted octanol–water partition coefficient (Wildman–Crippen LogP) is 3.20. The Morgan fingerprint density at radius 2 is 1.76 bits per heavy atom. The highest BCUT2D eigenvalue weighted by Gasteiger charge is 2.29. The maximum Gasteiger partial charge on any atom is 0.261 e. The molecule has 0 aliphatic carbocycles. The number of hydrogen-bond donors (Lipinski definition) is 1. The third-order valence-electron chi connectivity index (χ3n) is 4.54. The standard InChI is InChI=1S/C19H23FN2O5S2/c1-2-27-18-10-9-16(21-28(23,24)17-8-6-7-15(20)13-17)14-19(18)29(25,26)22-11-4-3-5-12-22/h6-10,13-14,21H,2-5,11-12H2,1H3. The summed E-state index contributed by atoms with van der Waals surface area (Å²) in [5.41, 5.74) is 0.0494. The van der Waals surface area contributed by atoms with Crippen molar-refractivity contribution in [2.45, 2.75) is 36.0 Å². The van der Waals surface area contributed by atoms with Crippen molar-refractivity contribution in [3.05, 3.63) is 48.3 Å². The molecule has 0 unspecified atom stereocenters. The van der Waals surface area contributed by atoms with E-state index >= 15 is 0 Å². The van der Waals surface area contributed by atoms with Crippen LogP contribution < -0.4 is 9.46 Å². The molecule has 0 atom stereocenters. The summed E-state index contributed by atoms with van der Waals surface area (Å²) in [6.45, 7) is 2.81. The Kier molecular flexibility index (Phi) is 6.45. The third kappa shape index (κ3) is 4.88. The van der Waals surface area contributed by atoms with E-state index in [4.69, 9.17) is 4.74 Å². The highest BCUT2D eigenvalue weighted by Crippen LogP contribution is 2.32. The van der Waals surface area contributed by atoms with Crippen LogP contribution in [0.25, 0.3) is 0 Å². The van der Waals surface area contributed by atoms with Gasteiger partial charge in [-0.2, -0.15) is 4.31 Å². The minimum Gasteiger partial charge on any atom is -0.492 e. The van der Waals surface area contributed by atoms with Gasteiger partial charge in [-0.25, -0.2) is 21.2 Å². The normalized spacial score (nSPS) is 15.8. The molecule has 1 N–H and O–H groups in total. The van der Waals surface area contributed by atoms with Crippen molar-refractivity contribution in [3.63, 3.8) is 0 Å². The fraction of sp³-hybridized carbons (Fsp3) is 0.368. The average Bonchev–Trinajstić information content (AvgIpc) is 2.70. The summed E-state index contributed by atoms with van der Waals surface area (Å²) >= 11 is 0. The van der Waals surface area contributed by atoms with Crippen molar-refractivity contribution < 1.29 is 26.0 Å². The minimum absolute atomic E-state index is 0.0494. The molecule has 29 heavy (non-hydrogen) atoms. The van der Waals surface area contributed by atoms with E-state index in [1.807, 2.05) is 0 Å². The Morgan fingerprint density at radius 3 is 2.41 bits per heavy atom. The zero-order valence-electron chi connectivity index (χ0n) is 16.0. The second kappa shape index (κ2) is 8.68. The van der Waals surface area contributed by atoms with Crippen LogP contribution in [0.5, 0.6) is 5.75 Å². The maximum atomic E-state index is 13.4. The maximum absolute atomic E-state index is 13.4. The van der Waals surface area contributed by atoms with E-state index in [0.29, 0.717) is 13.1 Å². The van der Waals surface area contributed by atoms with Crippen LogP contribution in [0, 0.1) is 5.82 Å². The van der Waals surface area contributed by atoms with Crippen molar-refractivity contribution in [3.8, 4) is 5.75 Å². The topological polar surface area (TPSA) is 92.8 Å². The monoisotopic (exact) mass is 442 g/mol. The van der Waals surface area contributed by atoms with Gasteiger partial charge in [0.05, 0.1) is 17.2 Å². The Bertz CT molecular complexity index is 1080. The average molecular weight is 443 g/mol. The van der Waals surface area contributed by atoms with Gasteiger partial charge in [-0.1, -0.05) is 12.5 Å². The number of nitrogens with one attached hydrogen (secondary N) is 1.